The predicted molar refractivity (Wildman–Crippen MR) is 83.9 cm³/mol. The van der Waals surface area contributed by atoms with Gasteiger partial charge in [0.05, 0.1) is 0 Å². The second-order valence-electron chi connectivity index (χ2n) is 5.16. The lowest BCUT2D eigenvalue weighted by Crippen LogP contribution is -2.37. The molecular formula is C15H31N5. The van der Waals surface area contributed by atoms with E-state index in [4.69, 9.17) is 0 Å². The van der Waals surface area contributed by atoms with Crippen LogP contribution in [0.3, 0.4) is 0 Å². The summed E-state index contributed by atoms with van der Waals surface area (Å²) in [5.74, 6) is 1.10. The van der Waals surface area contributed by atoms with Gasteiger partial charge in [0.15, 0.2) is 0 Å². The van der Waals surface area contributed by atoms with Crippen LogP contribution in [0.5, 0.6) is 0 Å². The van der Waals surface area contributed by atoms with E-state index >= 15 is 0 Å². The van der Waals surface area contributed by atoms with E-state index in [-0.39, 0.29) is 0 Å². The van der Waals surface area contributed by atoms with Crippen LogP contribution < -0.4 is 5.32 Å². The van der Waals surface area contributed by atoms with Crippen LogP contribution in [0.1, 0.15) is 46.4 Å². The highest BCUT2D eigenvalue weighted by Gasteiger charge is 2.14. The summed E-state index contributed by atoms with van der Waals surface area (Å²) in [6.45, 7) is 14.1. The van der Waals surface area contributed by atoms with Crippen molar-refractivity contribution < 1.29 is 0 Å². The lowest BCUT2D eigenvalue weighted by atomic mass is 10.1. The molecule has 0 saturated heterocycles. The van der Waals surface area contributed by atoms with Gasteiger partial charge in [0.25, 0.3) is 0 Å². The third-order valence-electron chi connectivity index (χ3n) is 3.80. The largest absolute Gasteiger partial charge is 0.313 e. The maximum absolute atomic E-state index is 4.40. The first-order chi connectivity index (χ1) is 9.74. The molecule has 0 aromatic carbocycles. The van der Waals surface area contributed by atoms with Crippen molar-refractivity contribution in [2.45, 2.75) is 59.5 Å². The van der Waals surface area contributed by atoms with Crippen LogP contribution in [-0.4, -0.2) is 51.9 Å². The highest BCUT2D eigenvalue weighted by atomic mass is 15.3. The second kappa shape index (κ2) is 9.88. The SMILES string of the molecule is CCCNC(CCN(CC)CC)Cc1ncnn1CC. The summed E-state index contributed by atoms with van der Waals surface area (Å²) in [5.41, 5.74) is 0. The van der Waals surface area contributed by atoms with Gasteiger partial charge in [-0.2, -0.15) is 5.10 Å². The third-order valence-corrected chi connectivity index (χ3v) is 3.80. The van der Waals surface area contributed by atoms with E-state index in [1.54, 1.807) is 6.33 Å². The average Bonchev–Trinajstić information content (AvgIpc) is 2.92. The quantitative estimate of drug-likeness (QED) is 0.673. The van der Waals surface area contributed by atoms with Gasteiger partial charge in [-0.05, 0) is 45.9 Å². The van der Waals surface area contributed by atoms with Gasteiger partial charge in [0, 0.05) is 19.0 Å². The van der Waals surface area contributed by atoms with Crippen LogP contribution >= 0.6 is 0 Å². The average molecular weight is 281 g/mol. The monoisotopic (exact) mass is 281 g/mol. The maximum Gasteiger partial charge on any atom is 0.138 e. The molecule has 0 radical (unpaired) electrons. The van der Waals surface area contributed by atoms with Crippen LogP contribution in [0, 0.1) is 0 Å². The Morgan fingerprint density at radius 1 is 1.25 bits per heavy atom. The molecule has 0 aliphatic rings. The summed E-state index contributed by atoms with van der Waals surface area (Å²) in [4.78, 5) is 6.88. The van der Waals surface area contributed by atoms with Crippen molar-refractivity contribution >= 4 is 0 Å². The smallest absolute Gasteiger partial charge is 0.138 e. The number of rotatable bonds is 11. The maximum atomic E-state index is 4.40. The molecular weight excluding hydrogens is 250 g/mol. The van der Waals surface area contributed by atoms with Crippen molar-refractivity contribution in [2.75, 3.05) is 26.2 Å². The Balaban J connectivity index is 2.54. The van der Waals surface area contributed by atoms with E-state index in [0.29, 0.717) is 6.04 Å². The predicted octanol–water partition coefficient (Wildman–Crippen LogP) is 1.94. The fourth-order valence-corrected chi connectivity index (χ4v) is 2.43. The topological polar surface area (TPSA) is 46.0 Å². The number of hydrogen-bond acceptors (Lipinski definition) is 4. The summed E-state index contributed by atoms with van der Waals surface area (Å²) in [6.07, 6.45) is 4.97. The Morgan fingerprint density at radius 3 is 2.60 bits per heavy atom. The number of aromatic nitrogens is 3. The van der Waals surface area contributed by atoms with E-state index in [0.717, 1.165) is 51.4 Å². The first kappa shape index (κ1) is 17.1. The molecule has 1 aromatic heterocycles. The summed E-state index contributed by atoms with van der Waals surface area (Å²) in [5, 5.41) is 7.92. The van der Waals surface area contributed by atoms with Gasteiger partial charge in [-0.3, -0.25) is 4.68 Å². The first-order valence-electron chi connectivity index (χ1n) is 8.07. The van der Waals surface area contributed by atoms with Gasteiger partial charge in [0.1, 0.15) is 12.2 Å². The first-order valence-corrected chi connectivity index (χ1v) is 8.07. The molecule has 20 heavy (non-hydrogen) atoms. The van der Waals surface area contributed by atoms with Gasteiger partial charge in [-0.25, -0.2) is 4.98 Å². The highest BCUT2D eigenvalue weighted by Crippen LogP contribution is 2.05. The molecule has 1 atom stereocenters. The summed E-state index contributed by atoms with van der Waals surface area (Å²) in [7, 11) is 0. The summed E-state index contributed by atoms with van der Waals surface area (Å²) < 4.78 is 2.00. The number of hydrogen-bond donors (Lipinski definition) is 1. The molecule has 0 spiro atoms. The molecule has 0 amide bonds. The van der Waals surface area contributed by atoms with Gasteiger partial charge < -0.3 is 10.2 Å². The van der Waals surface area contributed by atoms with Crippen molar-refractivity contribution in [3.05, 3.63) is 12.2 Å². The van der Waals surface area contributed by atoms with Crippen molar-refractivity contribution in [1.82, 2.24) is 25.0 Å². The van der Waals surface area contributed by atoms with Crippen molar-refractivity contribution in [3.8, 4) is 0 Å². The number of nitrogens with one attached hydrogen (secondary N) is 1. The molecule has 0 saturated carbocycles. The van der Waals surface area contributed by atoms with E-state index < -0.39 is 0 Å². The van der Waals surface area contributed by atoms with Crippen molar-refractivity contribution in [3.63, 3.8) is 0 Å². The standard InChI is InChI=1S/C15H31N5/c1-5-10-16-14(9-11-19(6-2)7-3)12-15-17-13-18-20(15)8-4/h13-14,16H,5-12H2,1-4H3. The number of nitrogens with zero attached hydrogens (tertiary/aromatic N) is 4. The zero-order valence-electron chi connectivity index (χ0n) is 13.6. The minimum absolute atomic E-state index is 0.491. The van der Waals surface area contributed by atoms with Gasteiger partial charge >= 0.3 is 0 Å². The zero-order chi connectivity index (χ0) is 14.8. The Morgan fingerprint density at radius 2 is 2.00 bits per heavy atom. The molecule has 0 fully saturated rings. The van der Waals surface area contributed by atoms with Crippen LogP contribution in [0.15, 0.2) is 6.33 Å². The van der Waals surface area contributed by atoms with E-state index in [1.807, 2.05) is 4.68 Å². The van der Waals surface area contributed by atoms with Crippen LogP contribution in [0.4, 0.5) is 0 Å². The Labute approximate surface area is 123 Å². The normalized spacial score (nSPS) is 13.1. The fraction of sp³-hybridized carbons (Fsp3) is 0.867. The molecule has 0 aliphatic heterocycles. The molecule has 1 rings (SSSR count). The van der Waals surface area contributed by atoms with Gasteiger partial charge in [0.2, 0.25) is 0 Å². The molecule has 1 aromatic rings. The summed E-state index contributed by atoms with van der Waals surface area (Å²) in [6, 6.07) is 0.491. The van der Waals surface area contributed by atoms with Crippen molar-refractivity contribution in [2.24, 2.45) is 0 Å². The minimum atomic E-state index is 0.491. The molecule has 1 N–H and O–H groups in total. The Bertz CT molecular complexity index is 346. The number of aryl methyl sites for hydroxylation is 1. The lowest BCUT2D eigenvalue weighted by molar-refractivity contribution is 0.279. The van der Waals surface area contributed by atoms with Crippen LogP contribution in [-0.2, 0) is 13.0 Å². The fourth-order valence-electron chi connectivity index (χ4n) is 2.43. The molecule has 5 heteroatoms. The molecule has 1 unspecified atom stereocenters. The molecule has 0 bridgehead atoms. The molecule has 1 heterocycles. The zero-order valence-corrected chi connectivity index (χ0v) is 13.6. The minimum Gasteiger partial charge on any atom is -0.313 e. The Kier molecular flexibility index (Phi) is 8.46. The Hall–Kier alpha value is -0.940. The van der Waals surface area contributed by atoms with E-state index in [1.165, 1.54) is 6.42 Å². The van der Waals surface area contributed by atoms with E-state index in [9.17, 15) is 0 Å². The third kappa shape index (κ3) is 5.59. The molecule has 116 valence electrons. The molecule has 0 aliphatic carbocycles. The van der Waals surface area contributed by atoms with Gasteiger partial charge in [-0.1, -0.05) is 20.8 Å². The van der Waals surface area contributed by atoms with Crippen LogP contribution in [0.25, 0.3) is 0 Å². The van der Waals surface area contributed by atoms with E-state index in [2.05, 4.69) is 48.0 Å². The second-order valence-corrected chi connectivity index (χ2v) is 5.16. The van der Waals surface area contributed by atoms with Crippen LogP contribution in [0.2, 0.25) is 0 Å². The lowest BCUT2D eigenvalue weighted by Gasteiger charge is -2.23. The molecule has 5 nitrogen and oxygen atoms in total. The highest BCUT2D eigenvalue weighted by molar-refractivity contribution is 4.90. The van der Waals surface area contributed by atoms with Crippen molar-refractivity contribution in [1.29, 1.82) is 0 Å². The summed E-state index contributed by atoms with van der Waals surface area (Å²) >= 11 is 0. The van der Waals surface area contributed by atoms with Gasteiger partial charge in [-0.15, -0.1) is 0 Å².